The van der Waals surface area contributed by atoms with Crippen molar-refractivity contribution in [1.82, 2.24) is 5.32 Å². The highest BCUT2D eigenvalue weighted by atomic mass is 16.3. The second-order valence-corrected chi connectivity index (χ2v) is 5.73. The lowest BCUT2D eigenvalue weighted by molar-refractivity contribution is 0.0932. The van der Waals surface area contributed by atoms with Crippen molar-refractivity contribution in [2.45, 2.75) is 38.6 Å². The molecule has 2 aromatic rings. The summed E-state index contributed by atoms with van der Waals surface area (Å²) >= 11 is 0. The Morgan fingerprint density at radius 1 is 1.40 bits per heavy atom. The molecule has 1 aromatic carbocycles. The van der Waals surface area contributed by atoms with Crippen molar-refractivity contribution in [3.63, 3.8) is 0 Å². The van der Waals surface area contributed by atoms with Crippen LogP contribution in [0.3, 0.4) is 0 Å². The number of Topliss-reactive ketones (excluding diaryl/α,β-unsaturated/α-hetero) is 1. The lowest BCUT2D eigenvalue weighted by Crippen LogP contribution is -2.39. The van der Waals surface area contributed by atoms with Crippen molar-refractivity contribution < 1.29 is 9.21 Å². The highest BCUT2D eigenvalue weighted by Crippen LogP contribution is 2.24. The third-order valence-electron chi connectivity index (χ3n) is 4.31. The summed E-state index contributed by atoms with van der Waals surface area (Å²) in [5.74, 6) is 1.35. The first-order valence-corrected chi connectivity index (χ1v) is 7.51. The van der Waals surface area contributed by atoms with E-state index in [9.17, 15) is 4.79 Å². The maximum atomic E-state index is 12.3. The molecule has 106 valence electrons. The van der Waals surface area contributed by atoms with Crippen molar-refractivity contribution in [3.05, 3.63) is 36.1 Å². The first-order valence-electron chi connectivity index (χ1n) is 7.51. The van der Waals surface area contributed by atoms with E-state index in [4.69, 9.17) is 4.42 Å². The fourth-order valence-corrected chi connectivity index (χ4v) is 3.07. The maximum Gasteiger partial charge on any atom is 0.199 e. The Bertz CT molecular complexity index is 569. The Labute approximate surface area is 119 Å². The van der Waals surface area contributed by atoms with Crippen LogP contribution in [0.5, 0.6) is 0 Å². The predicted octanol–water partition coefficient (Wildman–Crippen LogP) is 3.78. The molecule has 1 aliphatic rings. The third kappa shape index (κ3) is 2.78. The van der Waals surface area contributed by atoms with Crippen LogP contribution in [-0.2, 0) is 0 Å². The van der Waals surface area contributed by atoms with Crippen molar-refractivity contribution in [1.29, 1.82) is 0 Å². The molecule has 0 bridgehead atoms. The second-order valence-electron chi connectivity index (χ2n) is 5.73. The Balaban J connectivity index is 1.69. The number of rotatable bonds is 4. The number of fused-ring (bicyclic) bond motifs is 1. The molecule has 1 N–H and O–H groups in total. The van der Waals surface area contributed by atoms with Crippen LogP contribution < -0.4 is 5.32 Å². The quantitative estimate of drug-likeness (QED) is 0.860. The summed E-state index contributed by atoms with van der Waals surface area (Å²) < 4.78 is 5.65. The summed E-state index contributed by atoms with van der Waals surface area (Å²) in [5.41, 5.74) is 0.791. The Hall–Kier alpha value is -1.61. The molecule has 3 heteroatoms. The molecule has 0 spiro atoms. The van der Waals surface area contributed by atoms with E-state index in [1.807, 2.05) is 30.3 Å². The first kappa shape index (κ1) is 13.4. The van der Waals surface area contributed by atoms with Gasteiger partial charge in [-0.1, -0.05) is 31.5 Å². The van der Waals surface area contributed by atoms with Crippen LogP contribution in [-0.4, -0.2) is 18.4 Å². The third-order valence-corrected chi connectivity index (χ3v) is 4.31. The van der Waals surface area contributed by atoms with Gasteiger partial charge in [-0.15, -0.1) is 0 Å². The van der Waals surface area contributed by atoms with Crippen LogP contribution in [0.25, 0.3) is 11.0 Å². The van der Waals surface area contributed by atoms with E-state index < -0.39 is 0 Å². The summed E-state index contributed by atoms with van der Waals surface area (Å²) in [4.78, 5) is 12.3. The number of carbonyl (C=O) groups excluding carboxylic acids is 1. The van der Waals surface area contributed by atoms with E-state index in [1.54, 1.807) is 0 Å². The van der Waals surface area contributed by atoms with Crippen LogP contribution >= 0.6 is 0 Å². The number of carbonyl (C=O) groups is 1. The van der Waals surface area contributed by atoms with Crippen LogP contribution in [0.15, 0.2) is 34.7 Å². The zero-order chi connectivity index (χ0) is 13.9. The van der Waals surface area contributed by atoms with Gasteiger partial charge in [0.15, 0.2) is 11.5 Å². The molecule has 20 heavy (non-hydrogen) atoms. The highest BCUT2D eigenvalue weighted by Gasteiger charge is 2.24. The van der Waals surface area contributed by atoms with E-state index in [1.165, 1.54) is 12.8 Å². The average molecular weight is 271 g/mol. The van der Waals surface area contributed by atoms with Crippen LogP contribution in [0, 0.1) is 5.92 Å². The molecule has 1 aromatic heterocycles. The monoisotopic (exact) mass is 271 g/mol. The van der Waals surface area contributed by atoms with Crippen LogP contribution in [0.4, 0.5) is 0 Å². The van der Waals surface area contributed by atoms with E-state index in [0.717, 1.165) is 29.9 Å². The zero-order valence-electron chi connectivity index (χ0n) is 11.9. The summed E-state index contributed by atoms with van der Waals surface area (Å²) in [6, 6.07) is 9.92. The Kier molecular flexibility index (Phi) is 3.88. The first-order chi connectivity index (χ1) is 9.76. The van der Waals surface area contributed by atoms with Gasteiger partial charge in [-0.2, -0.15) is 0 Å². The van der Waals surface area contributed by atoms with Gasteiger partial charge in [0.25, 0.3) is 0 Å². The van der Waals surface area contributed by atoms with E-state index in [-0.39, 0.29) is 5.78 Å². The Morgan fingerprint density at radius 2 is 2.25 bits per heavy atom. The number of hydrogen-bond donors (Lipinski definition) is 1. The molecular weight excluding hydrogens is 250 g/mol. The number of hydrogen-bond acceptors (Lipinski definition) is 3. The van der Waals surface area contributed by atoms with E-state index in [2.05, 4.69) is 12.2 Å². The summed E-state index contributed by atoms with van der Waals surface area (Å²) in [5, 5.41) is 4.45. The van der Waals surface area contributed by atoms with Gasteiger partial charge in [0.1, 0.15) is 5.58 Å². The summed E-state index contributed by atoms with van der Waals surface area (Å²) in [6.07, 6.45) is 4.07. The van der Waals surface area contributed by atoms with E-state index in [0.29, 0.717) is 18.2 Å². The Morgan fingerprint density at radius 3 is 3.05 bits per heavy atom. The largest absolute Gasteiger partial charge is 0.453 e. The maximum absolute atomic E-state index is 12.3. The molecule has 2 heterocycles. The number of furan rings is 1. The molecule has 2 unspecified atom stereocenters. The number of benzene rings is 1. The fourth-order valence-electron chi connectivity index (χ4n) is 3.07. The highest BCUT2D eigenvalue weighted by molar-refractivity contribution is 5.97. The summed E-state index contributed by atoms with van der Waals surface area (Å²) in [7, 11) is 0. The van der Waals surface area contributed by atoms with Gasteiger partial charge in [0, 0.05) is 17.8 Å². The summed E-state index contributed by atoms with van der Waals surface area (Å²) in [6.45, 7) is 3.25. The molecule has 2 atom stereocenters. The SMILES string of the molecule is CCC1CCNC(CC(=O)c2cc3ccccc3o2)C1. The van der Waals surface area contributed by atoms with Gasteiger partial charge in [-0.05, 0) is 37.4 Å². The van der Waals surface area contributed by atoms with Gasteiger partial charge in [-0.25, -0.2) is 0 Å². The standard InChI is InChI=1S/C17H21NO2/c1-2-12-7-8-18-14(9-12)11-15(19)17-10-13-5-3-4-6-16(13)20-17/h3-6,10,12,14,18H,2,7-9,11H2,1H3. The normalized spacial score (nSPS) is 23.1. The molecular formula is C17H21NO2. The second kappa shape index (κ2) is 5.80. The zero-order valence-corrected chi connectivity index (χ0v) is 11.9. The minimum atomic E-state index is 0.107. The van der Waals surface area contributed by atoms with Gasteiger partial charge in [0.2, 0.25) is 0 Å². The molecule has 3 rings (SSSR count). The van der Waals surface area contributed by atoms with Crippen molar-refractivity contribution in [3.8, 4) is 0 Å². The van der Waals surface area contributed by atoms with Gasteiger partial charge in [-0.3, -0.25) is 4.79 Å². The fraction of sp³-hybridized carbons (Fsp3) is 0.471. The lowest BCUT2D eigenvalue weighted by Gasteiger charge is -2.29. The molecule has 0 saturated carbocycles. The van der Waals surface area contributed by atoms with Crippen LogP contribution in [0.2, 0.25) is 0 Å². The van der Waals surface area contributed by atoms with Crippen molar-refractivity contribution >= 4 is 16.8 Å². The average Bonchev–Trinajstić information content (AvgIpc) is 2.91. The topological polar surface area (TPSA) is 42.2 Å². The van der Waals surface area contributed by atoms with Gasteiger partial charge < -0.3 is 9.73 Å². The smallest absolute Gasteiger partial charge is 0.199 e. The number of nitrogens with one attached hydrogen (secondary N) is 1. The lowest BCUT2D eigenvalue weighted by atomic mass is 9.88. The van der Waals surface area contributed by atoms with Crippen molar-refractivity contribution in [2.24, 2.45) is 5.92 Å². The minimum Gasteiger partial charge on any atom is -0.453 e. The van der Waals surface area contributed by atoms with Gasteiger partial charge in [0.05, 0.1) is 0 Å². The number of para-hydroxylation sites is 1. The van der Waals surface area contributed by atoms with Crippen LogP contribution in [0.1, 0.15) is 43.2 Å². The van der Waals surface area contributed by atoms with E-state index >= 15 is 0 Å². The number of piperidine rings is 1. The molecule has 0 radical (unpaired) electrons. The molecule has 1 saturated heterocycles. The minimum absolute atomic E-state index is 0.107. The molecule has 3 nitrogen and oxygen atoms in total. The number of ketones is 1. The van der Waals surface area contributed by atoms with Gasteiger partial charge >= 0.3 is 0 Å². The predicted molar refractivity (Wildman–Crippen MR) is 80.0 cm³/mol. The molecule has 0 aliphatic carbocycles. The molecule has 0 amide bonds. The van der Waals surface area contributed by atoms with Crippen molar-refractivity contribution in [2.75, 3.05) is 6.54 Å². The molecule has 1 fully saturated rings. The molecule has 1 aliphatic heterocycles.